The summed E-state index contributed by atoms with van der Waals surface area (Å²) in [5.74, 6) is 1.36. The number of aryl methyl sites for hydroxylation is 1. The molecule has 0 N–H and O–H groups in total. The van der Waals surface area contributed by atoms with Crippen LogP contribution in [0.2, 0.25) is 0 Å². The van der Waals surface area contributed by atoms with E-state index < -0.39 is 0 Å². The Morgan fingerprint density at radius 1 is 1.28 bits per heavy atom. The van der Waals surface area contributed by atoms with Crippen LogP contribution in [0.1, 0.15) is 23.4 Å². The zero-order chi connectivity index (χ0) is 17.6. The summed E-state index contributed by atoms with van der Waals surface area (Å²) in [6, 6.07) is 5.73. The molecule has 0 aromatic carbocycles. The van der Waals surface area contributed by atoms with Crippen LogP contribution in [0.4, 0.5) is 0 Å². The lowest BCUT2D eigenvalue weighted by Crippen LogP contribution is -2.36. The normalized spacial score (nSPS) is 15.8. The summed E-state index contributed by atoms with van der Waals surface area (Å²) in [5, 5.41) is 3.84. The highest BCUT2D eigenvalue weighted by Crippen LogP contribution is 2.13. The number of hydrogen-bond donors (Lipinski definition) is 0. The largest absolute Gasteiger partial charge is 0.481 e. The van der Waals surface area contributed by atoms with Gasteiger partial charge in [0.1, 0.15) is 5.76 Å². The zero-order valence-corrected chi connectivity index (χ0v) is 14.8. The third-order valence-corrected chi connectivity index (χ3v) is 4.36. The molecular formula is C18H24N4O3. The molecule has 7 heteroatoms. The van der Waals surface area contributed by atoms with E-state index in [1.54, 1.807) is 7.11 Å². The van der Waals surface area contributed by atoms with Crippen molar-refractivity contribution in [2.24, 2.45) is 0 Å². The smallest absolute Gasteiger partial charge is 0.230 e. The molecule has 1 aliphatic rings. The van der Waals surface area contributed by atoms with Gasteiger partial charge in [0.15, 0.2) is 0 Å². The zero-order valence-electron chi connectivity index (χ0n) is 14.8. The van der Waals surface area contributed by atoms with Gasteiger partial charge in [-0.3, -0.25) is 9.69 Å². The lowest BCUT2D eigenvalue weighted by molar-refractivity contribution is -0.130. The molecule has 0 unspecified atom stereocenters. The maximum Gasteiger partial charge on any atom is 0.230 e. The second kappa shape index (κ2) is 8.11. The number of amides is 1. The van der Waals surface area contributed by atoms with Crippen molar-refractivity contribution in [1.29, 1.82) is 0 Å². The molecule has 2 aromatic rings. The molecule has 3 rings (SSSR count). The minimum absolute atomic E-state index is 0.101. The summed E-state index contributed by atoms with van der Waals surface area (Å²) in [5.41, 5.74) is 1.95. The predicted molar refractivity (Wildman–Crippen MR) is 92.2 cm³/mol. The van der Waals surface area contributed by atoms with Gasteiger partial charge in [-0.25, -0.2) is 4.98 Å². The molecular weight excluding hydrogens is 320 g/mol. The van der Waals surface area contributed by atoms with Gasteiger partial charge in [-0.05, 0) is 18.9 Å². The molecule has 0 aliphatic carbocycles. The first-order valence-electron chi connectivity index (χ1n) is 8.55. The van der Waals surface area contributed by atoms with Crippen LogP contribution in [0.5, 0.6) is 5.88 Å². The van der Waals surface area contributed by atoms with Gasteiger partial charge in [0.05, 0.1) is 19.2 Å². The summed E-state index contributed by atoms with van der Waals surface area (Å²) in [6.07, 6.45) is 3.09. The van der Waals surface area contributed by atoms with Crippen molar-refractivity contribution in [3.8, 4) is 5.88 Å². The van der Waals surface area contributed by atoms with Crippen LogP contribution < -0.4 is 4.74 Å². The number of methoxy groups -OCH3 is 1. The van der Waals surface area contributed by atoms with Gasteiger partial charge in [0, 0.05) is 51.1 Å². The van der Waals surface area contributed by atoms with Gasteiger partial charge >= 0.3 is 0 Å². The van der Waals surface area contributed by atoms with Crippen molar-refractivity contribution < 1.29 is 14.1 Å². The third-order valence-electron chi connectivity index (χ3n) is 4.36. The highest BCUT2D eigenvalue weighted by molar-refractivity contribution is 5.78. The van der Waals surface area contributed by atoms with E-state index in [1.165, 1.54) is 0 Å². The van der Waals surface area contributed by atoms with E-state index in [-0.39, 0.29) is 12.3 Å². The Labute approximate surface area is 147 Å². The van der Waals surface area contributed by atoms with Gasteiger partial charge in [0.25, 0.3) is 0 Å². The summed E-state index contributed by atoms with van der Waals surface area (Å²) in [4.78, 5) is 21.0. The number of ether oxygens (including phenoxy) is 1. The molecule has 0 bridgehead atoms. The molecule has 0 saturated carbocycles. The molecule has 7 nitrogen and oxygen atoms in total. The van der Waals surface area contributed by atoms with E-state index in [4.69, 9.17) is 9.26 Å². The Morgan fingerprint density at radius 3 is 2.84 bits per heavy atom. The molecule has 2 aromatic heterocycles. The molecule has 1 aliphatic heterocycles. The van der Waals surface area contributed by atoms with E-state index in [9.17, 15) is 4.79 Å². The first-order chi connectivity index (χ1) is 12.1. The van der Waals surface area contributed by atoms with Gasteiger partial charge in [-0.1, -0.05) is 11.2 Å². The van der Waals surface area contributed by atoms with E-state index >= 15 is 0 Å². The second-order valence-electron chi connectivity index (χ2n) is 6.33. The quantitative estimate of drug-likeness (QED) is 0.821. The fraction of sp³-hybridized carbons (Fsp3) is 0.500. The van der Waals surface area contributed by atoms with Crippen molar-refractivity contribution in [1.82, 2.24) is 19.9 Å². The van der Waals surface area contributed by atoms with Crippen LogP contribution in [0.3, 0.4) is 0 Å². The van der Waals surface area contributed by atoms with Gasteiger partial charge < -0.3 is 14.2 Å². The Balaban J connectivity index is 1.51. The fourth-order valence-electron chi connectivity index (χ4n) is 3.02. The first kappa shape index (κ1) is 17.4. The first-order valence-corrected chi connectivity index (χ1v) is 8.55. The topological polar surface area (TPSA) is 71.7 Å². The Bertz CT molecular complexity index is 699. The van der Waals surface area contributed by atoms with E-state index in [0.717, 1.165) is 50.4 Å². The average molecular weight is 344 g/mol. The average Bonchev–Trinajstić information content (AvgIpc) is 2.88. The number of carbonyl (C=O) groups is 1. The van der Waals surface area contributed by atoms with Crippen LogP contribution in [0.25, 0.3) is 0 Å². The highest BCUT2D eigenvalue weighted by atomic mass is 16.5. The molecule has 25 heavy (non-hydrogen) atoms. The van der Waals surface area contributed by atoms with Gasteiger partial charge in [0.2, 0.25) is 11.8 Å². The van der Waals surface area contributed by atoms with Crippen molar-refractivity contribution in [3.63, 3.8) is 0 Å². The minimum atomic E-state index is 0.101. The number of rotatable bonds is 5. The van der Waals surface area contributed by atoms with Crippen LogP contribution in [-0.2, 0) is 17.8 Å². The predicted octanol–water partition coefficient (Wildman–Crippen LogP) is 1.66. The molecule has 0 atom stereocenters. The van der Waals surface area contributed by atoms with Crippen molar-refractivity contribution in [2.45, 2.75) is 26.3 Å². The van der Waals surface area contributed by atoms with E-state index in [2.05, 4.69) is 15.0 Å². The van der Waals surface area contributed by atoms with Crippen LogP contribution >= 0.6 is 0 Å². The molecule has 3 heterocycles. The summed E-state index contributed by atoms with van der Waals surface area (Å²) in [6.45, 7) is 6.03. The lowest BCUT2D eigenvalue weighted by Gasteiger charge is -2.21. The fourth-order valence-corrected chi connectivity index (χ4v) is 3.02. The molecule has 1 fully saturated rings. The number of carbonyl (C=O) groups excluding carboxylic acids is 1. The van der Waals surface area contributed by atoms with Crippen LogP contribution in [0, 0.1) is 6.92 Å². The number of aromatic nitrogens is 2. The SMILES string of the molecule is COc1ccc(CN2CCCN(C(=O)Cc3cc(C)no3)CC2)cn1. The number of pyridine rings is 1. The maximum absolute atomic E-state index is 12.5. The molecule has 1 saturated heterocycles. The summed E-state index contributed by atoms with van der Waals surface area (Å²) in [7, 11) is 1.61. The Kier molecular flexibility index (Phi) is 5.65. The monoisotopic (exact) mass is 344 g/mol. The summed E-state index contributed by atoms with van der Waals surface area (Å²) >= 11 is 0. The summed E-state index contributed by atoms with van der Waals surface area (Å²) < 4.78 is 10.2. The minimum Gasteiger partial charge on any atom is -0.481 e. The van der Waals surface area contributed by atoms with Crippen molar-refractivity contribution >= 4 is 5.91 Å². The maximum atomic E-state index is 12.5. The molecule has 1 amide bonds. The number of hydrogen-bond acceptors (Lipinski definition) is 6. The van der Waals surface area contributed by atoms with Crippen LogP contribution in [0.15, 0.2) is 28.9 Å². The van der Waals surface area contributed by atoms with E-state index in [1.807, 2.05) is 36.2 Å². The van der Waals surface area contributed by atoms with Gasteiger partial charge in [-0.2, -0.15) is 0 Å². The molecule has 0 spiro atoms. The van der Waals surface area contributed by atoms with Gasteiger partial charge in [-0.15, -0.1) is 0 Å². The van der Waals surface area contributed by atoms with Crippen LogP contribution in [-0.4, -0.2) is 59.1 Å². The van der Waals surface area contributed by atoms with E-state index in [0.29, 0.717) is 11.6 Å². The third kappa shape index (κ3) is 4.79. The Hall–Kier alpha value is -2.41. The number of nitrogens with zero attached hydrogens (tertiary/aromatic N) is 4. The molecule has 134 valence electrons. The standard InChI is InChI=1S/C18H24N4O3/c1-14-10-16(25-20-14)11-18(23)22-7-3-6-21(8-9-22)13-15-4-5-17(24-2)19-12-15/h4-5,10,12H,3,6-9,11,13H2,1-2H3. The van der Waals surface area contributed by atoms with Crippen molar-refractivity contribution in [2.75, 3.05) is 33.3 Å². The Morgan fingerprint density at radius 2 is 2.16 bits per heavy atom. The lowest BCUT2D eigenvalue weighted by atomic mass is 10.2. The second-order valence-corrected chi connectivity index (χ2v) is 6.33. The molecule has 0 radical (unpaired) electrons. The highest BCUT2D eigenvalue weighted by Gasteiger charge is 2.20. The van der Waals surface area contributed by atoms with Crippen molar-refractivity contribution in [3.05, 3.63) is 41.4 Å².